The largest absolute Gasteiger partial charge is 0.348 e. The first kappa shape index (κ1) is 16.2. The monoisotopic (exact) mass is 318 g/mol. The Balaban J connectivity index is 2.11. The summed E-state index contributed by atoms with van der Waals surface area (Å²) >= 11 is 0. The number of hydrogen-bond donors (Lipinski definition) is 1. The Morgan fingerprint density at radius 2 is 1.91 bits per heavy atom. The summed E-state index contributed by atoms with van der Waals surface area (Å²) in [4.78, 5) is 16.1. The van der Waals surface area contributed by atoms with Crippen molar-refractivity contribution in [3.63, 3.8) is 0 Å². The molecule has 116 valence electrons. The van der Waals surface area contributed by atoms with Gasteiger partial charge in [0, 0.05) is 18.6 Å². The smallest absolute Gasteiger partial charge is 0.224 e. The van der Waals surface area contributed by atoms with Crippen LogP contribution < -0.4 is 5.32 Å². The molecule has 1 heterocycles. The second-order valence-electron chi connectivity index (χ2n) is 5.16. The lowest BCUT2D eigenvalue weighted by Gasteiger charge is -2.18. The molecule has 1 N–H and O–H groups in total. The maximum absolute atomic E-state index is 12.1. The van der Waals surface area contributed by atoms with Gasteiger partial charge in [-0.15, -0.1) is 0 Å². The van der Waals surface area contributed by atoms with Crippen LogP contribution in [0.2, 0.25) is 0 Å². The maximum atomic E-state index is 12.1. The molecule has 6 heteroatoms. The highest BCUT2D eigenvalue weighted by molar-refractivity contribution is 7.90. The molecule has 0 fully saturated rings. The fourth-order valence-corrected chi connectivity index (χ4v) is 3.02. The van der Waals surface area contributed by atoms with Crippen LogP contribution in [0.4, 0.5) is 0 Å². The quantitative estimate of drug-likeness (QED) is 0.876. The lowest BCUT2D eigenvalue weighted by molar-refractivity contribution is -0.121. The van der Waals surface area contributed by atoms with Gasteiger partial charge in [0.1, 0.15) is 9.84 Å². The molecule has 0 saturated heterocycles. The van der Waals surface area contributed by atoms with E-state index < -0.39 is 15.9 Å². The summed E-state index contributed by atoms with van der Waals surface area (Å²) in [7, 11) is -3.22. The van der Waals surface area contributed by atoms with Crippen LogP contribution in [0.25, 0.3) is 0 Å². The van der Waals surface area contributed by atoms with Crippen molar-refractivity contribution < 1.29 is 13.2 Å². The zero-order chi connectivity index (χ0) is 16.0. The molecule has 1 amide bonds. The number of aromatic nitrogens is 1. The Morgan fingerprint density at radius 1 is 1.18 bits per heavy atom. The van der Waals surface area contributed by atoms with E-state index in [1.54, 1.807) is 36.7 Å². The second kappa shape index (κ2) is 7.17. The molecular weight excluding hydrogens is 300 g/mol. The Morgan fingerprint density at radius 3 is 2.50 bits per heavy atom. The van der Waals surface area contributed by atoms with E-state index in [9.17, 15) is 13.2 Å². The Labute approximate surface area is 130 Å². The zero-order valence-electron chi connectivity index (χ0n) is 12.3. The van der Waals surface area contributed by atoms with E-state index in [1.807, 2.05) is 18.2 Å². The number of pyridine rings is 1. The molecule has 1 atom stereocenters. The van der Waals surface area contributed by atoms with Gasteiger partial charge in [-0.3, -0.25) is 9.78 Å². The first-order valence-corrected chi connectivity index (χ1v) is 8.91. The van der Waals surface area contributed by atoms with Gasteiger partial charge < -0.3 is 5.32 Å². The molecule has 0 aliphatic rings. The number of nitrogens with one attached hydrogen (secondary N) is 1. The molecule has 5 nitrogen and oxygen atoms in total. The van der Waals surface area contributed by atoms with Gasteiger partial charge in [0.25, 0.3) is 0 Å². The minimum atomic E-state index is -3.22. The van der Waals surface area contributed by atoms with Crippen molar-refractivity contribution >= 4 is 15.7 Å². The second-order valence-corrected chi connectivity index (χ2v) is 7.35. The summed E-state index contributed by atoms with van der Waals surface area (Å²) in [6.07, 6.45) is 4.59. The molecule has 1 unspecified atom stereocenters. The highest BCUT2D eigenvalue weighted by atomic mass is 32.2. The summed E-state index contributed by atoms with van der Waals surface area (Å²) in [5, 5.41) is 2.79. The number of carbonyl (C=O) groups excluding carboxylic acids is 1. The van der Waals surface area contributed by atoms with E-state index in [-0.39, 0.29) is 18.1 Å². The van der Waals surface area contributed by atoms with Crippen LogP contribution in [0.15, 0.2) is 54.9 Å². The number of hydrogen-bond acceptors (Lipinski definition) is 4. The van der Waals surface area contributed by atoms with Gasteiger partial charge >= 0.3 is 0 Å². The number of benzene rings is 1. The molecule has 0 aliphatic heterocycles. The average Bonchev–Trinajstić information content (AvgIpc) is 2.47. The molecule has 22 heavy (non-hydrogen) atoms. The van der Waals surface area contributed by atoms with Gasteiger partial charge in [0.2, 0.25) is 5.91 Å². The predicted octanol–water partition coefficient (Wildman–Crippen LogP) is 1.53. The topological polar surface area (TPSA) is 76.1 Å². The molecule has 1 aromatic heterocycles. The van der Waals surface area contributed by atoms with Gasteiger partial charge in [0.15, 0.2) is 0 Å². The third kappa shape index (κ3) is 5.29. The normalized spacial score (nSPS) is 12.6. The van der Waals surface area contributed by atoms with E-state index >= 15 is 0 Å². The summed E-state index contributed by atoms with van der Waals surface area (Å²) in [5.41, 5.74) is 1.55. The third-order valence-corrected chi connectivity index (χ3v) is 4.03. The third-order valence-electron chi connectivity index (χ3n) is 3.09. The molecule has 0 spiro atoms. The van der Waals surface area contributed by atoms with Crippen molar-refractivity contribution in [1.29, 1.82) is 0 Å². The molecule has 1 aromatic carbocycles. The molecule has 0 aliphatic carbocycles. The van der Waals surface area contributed by atoms with E-state index in [1.165, 1.54) is 0 Å². The Hall–Kier alpha value is -2.21. The number of rotatable bonds is 6. The number of nitrogens with zero attached hydrogens (tertiary/aromatic N) is 1. The summed E-state index contributed by atoms with van der Waals surface area (Å²) in [6.45, 7) is 0. The van der Waals surface area contributed by atoms with Gasteiger partial charge in [-0.2, -0.15) is 0 Å². The lowest BCUT2D eigenvalue weighted by atomic mass is 10.1. The maximum Gasteiger partial charge on any atom is 0.224 e. The standard InChI is InChI=1S/C16H18N2O3S/c1-22(20,21)12-15(14-7-3-2-4-8-14)18-16(19)10-13-6-5-9-17-11-13/h2-9,11,15H,10,12H2,1H3,(H,18,19). The van der Waals surface area contributed by atoms with Crippen LogP contribution in [-0.4, -0.2) is 31.3 Å². The number of amides is 1. The van der Waals surface area contributed by atoms with Crippen LogP contribution >= 0.6 is 0 Å². The van der Waals surface area contributed by atoms with Crippen LogP contribution in [0, 0.1) is 0 Å². The summed E-state index contributed by atoms with van der Waals surface area (Å²) in [6, 6.07) is 12.1. The van der Waals surface area contributed by atoms with Crippen molar-refractivity contribution in [3.05, 3.63) is 66.0 Å². The highest BCUT2D eigenvalue weighted by Gasteiger charge is 2.19. The van der Waals surface area contributed by atoms with Gasteiger partial charge in [-0.25, -0.2) is 8.42 Å². The first-order valence-electron chi connectivity index (χ1n) is 6.85. The highest BCUT2D eigenvalue weighted by Crippen LogP contribution is 2.15. The van der Waals surface area contributed by atoms with Crippen LogP contribution in [-0.2, 0) is 21.1 Å². The summed E-state index contributed by atoms with van der Waals surface area (Å²) < 4.78 is 23.2. The van der Waals surface area contributed by atoms with E-state index in [2.05, 4.69) is 10.3 Å². The number of carbonyl (C=O) groups is 1. The first-order chi connectivity index (χ1) is 10.4. The van der Waals surface area contributed by atoms with Crippen LogP contribution in [0.1, 0.15) is 17.2 Å². The van der Waals surface area contributed by atoms with E-state index in [0.29, 0.717) is 0 Å². The molecule has 0 bridgehead atoms. The summed E-state index contributed by atoms with van der Waals surface area (Å²) in [5.74, 6) is -0.360. The van der Waals surface area contributed by atoms with E-state index in [0.717, 1.165) is 17.4 Å². The molecular formula is C16H18N2O3S. The Kier molecular flexibility index (Phi) is 5.27. The van der Waals surface area contributed by atoms with Crippen molar-refractivity contribution in [2.24, 2.45) is 0 Å². The van der Waals surface area contributed by atoms with Gasteiger partial charge in [-0.05, 0) is 17.2 Å². The number of sulfone groups is 1. The van der Waals surface area contributed by atoms with Crippen molar-refractivity contribution in [2.75, 3.05) is 12.0 Å². The van der Waals surface area contributed by atoms with Crippen LogP contribution in [0.3, 0.4) is 0 Å². The van der Waals surface area contributed by atoms with Crippen molar-refractivity contribution in [2.45, 2.75) is 12.5 Å². The van der Waals surface area contributed by atoms with E-state index in [4.69, 9.17) is 0 Å². The fraction of sp³-hybridized carbons (Fsp3) is 0.250. The lowest BCUT2D eigenvalue weighted by Crippen LogP contribution is -2.34. The Bertz CT molecular complexity index is 716. The minimum Gasteiger partial charge on any atom is -0.348 e. The molecule has 0 saturated carbocycles. The van der Waals surface area contributed by atoms with Crippen molar-refractivity contribution in [1.82, 2.24) is 10.3 Å². The molecule has 2 rings (SSSR count). The zero-order valence-corrected chi connectivity index (χ0v) is 13.1. The van der Waals surface area contributed by atoms with Crippen molar-refractivity contribution in [3.8, 4) is 0 Å². The molecule has 2 aromatic rings. The predicted molar refractivity (Wildman–Crippen MR) is 85.0 cm³/mol. The molecule has 0 radical (unpaired) electrons. The average molecular weight is 318 g/mol. The SMILES string of the molecule is CS(=O)(=O)CC(NC(=O)Cc1cccnc1)c1ccccc1. The fourth-order valence-electron chi connectivity index (χ4n) is 2.14. The van der Waals surface area contributed by atoms with Gasteiger partial charge in [-0.1, -0.05) is 36.4 Å². The minimum absolute atomic E-state index is 0.129. The van der Waals surface area contributed by atoms with Gasteiger partial charge in [0.05, 0.1) is 18.2 Å². The van der Waals surface area contributed by atoms with Crippen LogP contribution in [0.5, 0.6) is 0 Å².